The van der Waals surface area contributed by atoms with Crippen LogP contribution in [-0.4, -0.2) is 58.0 Å². The molecule has 1 saturated heterocycles. The van der Waals surface area contributed by atoms with E-state index in [1.54, 1.807) is 12.5 Å². The molecule has 3 heterocycles. The number of carbonyl (C=O) groups is 2. The third-order valence-electron chi connectivity index (χ3n) is 6.58. The van der Waals surface area contributed by atoms with Crippen molar-refractivity contribution in [2.75, 3.05) is 30.1 Å². The highest BCUT2D eigenvalue weighted by molar-refractivity contribution is 7.98. The van der Waals surface area contributed by atoms with Crippen molar-refractivity contribution in [1.29, 1.82) is 0 Å². The monoisotopic (exact) mass is 567 g/mol. The number of hydrazine groups is 1. The molecule has 3 N–H and O–H groups in total. The molecule has 14 heteroatoms. The minimum atomic E-state index is -0.723. The van der Waals surface area contributed by atoms with Crippen molar-refractivity contribution in [1.82, 2.24) is 25.4 Å². The Morgan fingerprint density at radius 1 is 1.29 bits per heavy atom. The summed E-state index contributed by atoms with van der Waals surface area (Å²) in [6.07, 6.45) is 11.1. The Balaban J connectivity index is 1.41. The fourth-order valence-electron chi connectivity index (χ4n) is 4.63. The average Bonchev–Trinajstić information content (AvgIpc) is 3.66. The van der Waals surface area contributed by atoms with Gasteiger partial charge in [-0.2, -0.15) is 4.39 Å². The van der Waals surface area contributed by atoms with Gasteiger partial charge in [-0.05, 0) is 31.4 Å². The van der Waals surface area contributed by atoms with Crippen LogP contribution in [0.2, 0.25) is 0 Å². The minimum Gasteiger partial charge on any atom is -0.361 e. The molecule has 208 valence electrons. The number of nitrogens with zero attached hydrogens (tertiary/aromatic N) is 4. The Morgan fingerprint density at radius 2 is 2.08 bits per heavy atom. The summed E-state index contributed by atoms with van der Waals surface area (Å²) in [4.78, 5) is 43.3. The number of amides is 2. The molecule has 2 atom stereocenters. The molecule has 0 radical (unpaired) electrons. The van der Waals surface area contributed by atoms with Crippen LogP contribution in [0, 0.1) is 17.7 Å². The van der Waals surface area contributed by atoms with Crippen LogP contribution in [0.4, 0.5) is 16.0 Å². The topological polar surface area (TPSA) is 131 Å². The number of hydrogen-bond donors (Lipinski definition) is 3. The Kier molecular flexibility index (Phi) is 10.9. The molecule has 1 saturated carbocycles. The first-order valence-electron chi connectivity index (χ1n) is 12.9. The van der Waals surface area contributed by atoms with Crippen LogP contribution < -0.4 is 16.2 Å². The number of aromatic nitrogens is 3. The van der Waals surface area contributed by atoms with E-state index in [9.17, 15) is 9.59 Å². The second kappa shape index (κ2) is 14.6. The van der Waals surface area contributed by atoms with E-state index >= 15 is 4.39 Å². The van der Waals surface area contributed by atoms with Crippen LogP contribution in [0.15, 0.2) is 16.7 Å². The van der Waals surface area contributed by atoms with Gasteiger partial charge in [0, 0.05) is 24.6 Å². The molecular formula is C24H34FN7O4S2. The van der Waals surface area contributed by atoms with Gasteiger partial charge in [-0.3, -0.25) is 20.4 Å². The lowest BCUT2D eigenvalue weighted by Gasteiger charge is -2.29. The van der Waals surface area contributed by atoms with E-state index in [2.05, 4.69) is 31.1 Å². The summed E-state index contributed by atoms with van der Waals surface area (Å²) in [6, 6.07) is 0. The summed E-state index contributed by atoms with van der Waals surface area (Å²) in [5.41, 5.74) is 5.23. The van der Waals surface area contributed by atoms with Crippen LogP contribution in [0.1, 0.15) is 56.4 Å². The lowest BCUT2D eigenvalue weighted by molar-refractivity contribution is -0.276. The summed E-state index contributed by atoms with van der Waals surface area (Å²) in [7, 11) is 0. The van der Waals surface area contributed by atoms with E-state index in [4.69, 9.17) is 9.57 Å². The first-order valence-corrected chi connectivity index (χ1v) is 15.0. The van der Waals surface area contributed by atoms with Gasteiger partial charge in [0.2, 0.25) is 18.1 Å². The van der Waals surface area contributed by atoms with Gasteiger partial charge in [0.25, 0.3) is 0 Å². The van der Waals surface area contributed by atoms with Crippen LogP contribution in [0.3, 0.4) is 0 Å². The lowest BCUT2D eigenvalue weighted by atomic mass is 9.92. The van der Waals surface area contributed by atoms with Crippen molar-refractivity contribution in [3.8, 4) is 0 Å². The van der Waals surface area contributed by atoms with E-state index in [0.717, 1.165) is 48.6 Å². The van der Waals surface area contributed by atoms with Gasteiger partial charge in [0.1, 0.15) is 5.01 Å². The van der Waals surface area contributed by atoms with Crippen molar-refractivity contribution in [3.05, 3.63) is 22.4 Å². The predicted molar refractivity (Wildman–Crippen MR) is 142 cm³/mol. The second-order valence-corrected chi connectivity index (χ2v) is 11.1. The molecule has 1 unspecified atom stereocenters. The minimum absolute atomic E-state index is 0.00631. The number of nitrogens with one attached hydrogen (secondary N) is 3. The molecule has 2 aliphatic rings. The van der Waals surface area contributed by atoms with E-state index in [-0.39, 0.29) is 24.1 Å². The normalized spacial score (nSPS) is 18.6. The molecule has 2 aromatic rings. The Hall–Kier alpha value is -2.55. The van der Waals surface area contributed by atoms with Crippen LogP contribution in [-0.2, 0) is 25.7 Å². The molecule has 11 nitrogen and oxygen atoms in total. The van der Waals surface area contributed by atoms with Gasteiger partial charge in [0.05, 0.1) is 19.0 Å². The Morgan fingerprint density at radius 3 is 2.76 bits per heavy atom. The van der Waals surface area contributed by atoms with Crippen LogP contribution in [0.25, 0.3) is 0 Å². The summed E-state index contributed by atoms with van der Waals surface area (Å²) >= 11 is 2.70. The number of hydroxylamine groups is 2. The first kappa shape index (κ1) is 28.5. The molecule has 2 fully saturated rings. The number of hydrogen-bond acceptors (Lipinski definition) is 11. The Bertz CT molecular complexity index is 1040. The molecular weight excluding hydrogens is 533 g/mol. The van der Waals surface area contributed by atoms with Gasteiger partial charge < -0.3 is 10.1 Å². The van der Waals surface area contributed by atoms with Gasteiger partial charge in [-0.1, -0.05) is 37.4 Å². The molecule has 0 spiro atoms. The largest absolute Gasteiger partial charge is 0.361 e. The number of ether oxygens (including phenoxy) is 1. The van der Waals surface area contributed by atoms with Crippen molar-refractivity contribution in [2.24, 2.45) is 11.8 Å². The maximum atomic E-state index is 15.2. The molecule has 1 aliphatic heterocycles. The molecule has 0 aromatic carbocycles. The third kappa shape index (κ3) is 8.22. The van der Waals surface area contributed by atoms with Crippen molar-refractivity contribution in [3.63, 3.8) is 0 Å². The van der Waals surface area contributed by atoms with Gasteiger partial charge in [-0.25, -0.2) is 24.9 Å². The predicted octanol–water partition coefficient (Wildman–Crippen LogP) is 3.96. The molecule has 2 amide bonds. The highest BCUT2D eigenvalue weighted by Gasteiger charge is 2.29. The fraction of sp³-hybridized carbons (Fsp3) is 0.625. The van der Waals surface area contributed by atoms with Crippen molar-refractivity contribution >= 4 is 47.1 Å². The smallest absolute Gasteiger partial charge is 0.243 e. The third-order valence-corrected chi connectivity index (χ3v) is 7.91. The zero-order valence-electron chi connectivity index (χ0n) is 21.4. The number of anilines is 2. The summed E-state index contributed by atoms with van der Waals surface area (Å²) < 4.78 is 20.8. The van der Waals surface area contributed by atoms with Crippen LogP contribution >= 0.6 is 23.1 Å². The second-order valence-electron chi connectivity index (χ2n) is 9.30. The summed E-state index contributed by atoms with van der Waals surface area (Å²) in [5.74, 6) is -1.43. The van der Waals surface area contributed by atoms with Crippen molar-refractivity contribution in [2.45, 2.75) is 69.4 Å². The van der Waals surface area contributed by atoms with Crippen LogP contribution in [0.5, 0.6) is 0 Å². The quantitative estimate of drug-likeness (QED) is 0.133. The molecule has 1 aliphatic carbocycles. The van der Waals surface area contributed by atoms with Gasteiger partial charge >= 0.3 is 0 Å². The number of halogens is 1. The fourth-order valence-corrected chi connectivity index (χ4v) is 5.55. The average molecular weight is 568 g/mol. The van der Waals surface area contributed by atoms with E-state index in [1.165, 1.54) is 23.1 Å². The summed E-state index contributed by atoms with van der Waals surface area (Å²) in [5, 5.41) is 7.04. The molecule has 0 bridgehead atoms. The molecule has 4 rings (SSSR count). The SMILES string of the molecule is CSc1nc(NCc2nccs2)c(F)c(NNC(=O)[C@@H](CC2CCCC2)CN(C=O)OC2CCCCO2)n1. The number of thiazole rings is 1. The van der Waals surface area contributed by atoms with Crippen molar-refractivity contribution < 1.29 is 23.6 Å². The zero-order chi connectivity index (χ0) is 26.7. The lowest BCUT2D eigenvalue weighted by Crippen LogP contribution is -2.43. The number of thioether (sulfide) groups is 1. The first-order chi connectivity index (χ1) is 18.6. The maximum Gasteiger partial charge on any atom is 0.243 e. The highest BCUT2D eigenvalue weighted by atomic mass is 32.2. The highest BCUT2D eigenvalue weighted by Crippen LogP contribution is 2.31. The summed E-state index contributed by atoms with van der Waals surface area (Å²) in [6.45, 7) is 0.952. The standard InChI is InChI=1S/C24H34FN7O4S2/c1-37-24-28-21(27-13-18-26-9-11-38-18)20(25)22(29-24)30-31-23(34)17(12-16-6-2-3-7-16)14-32(15-33)36-19-8-4-5-10-35-19/h9,11,15-17,19H,2-8,10,12-14H2,1H3,(H,31,34)(H2,27,28,29,30)/t17-,19?/m0/s1. The van der Waals surface area contributed by atoms with E-state index in [0.29, 0.717) is 43.5 Å². The molecule has 38 heavy (non-hydrogen) atoms. The number of carbonyl (C=O) groups excluding carboxylic acids is 2. The van der Waals surface area contributed by atoms with Gasteiger partial charge in [0.15, 0.2) is 23.1 Å². The maximum absolute atomic E-state index is 15.2. The number of rotatable bonds is 14. The molecule has 2 aromatic heterocycles. The Labute approximate surface area is 229 Å². The van der Waals surface area contributed by atoms with Gasteiger partial charge in [-0.15, -0.1) is 11.3 Å². The zero-order valence-corrected chi connectivity index (χ0v) is 23.0. The van der Waals surface area contributed by atoms with E-state index < -0.39 is 18.0 Å². The van der Waals surface area contributed by atoms with E-state index in [1.807, 2.05) is 5.38 Å².